The van der Waals surface area contributed by atoms with E-state index in [1.807, 2.05) is 35.7 Å². The van der Waals surface area contributed by atoms with Crippen molar-refractivity contribution in [3.05, 3.63) is 41.4 Å². The van der Waals surface area contributed by atoms with Gasteiger partial charge in [-0.15, -0.1) is 11.3 Å². The average Bonchev–Trinajstić information content (AvgIpc) is 2.86. The van der Waals surface area contributed by atoms with Crippen LogP contribution >= 0.6 is 11.3 Å². The van der Waals surface area contributed by atoms with E-state index in [1.54, 1.807) is 0 Å². The van der Waals surface area contributed by atoms with Crippen molar-refractivity contribution in [2.24, 2.45) is 5.92 Å². The summed E-state index contributed by atoms with van der Waals surface area (Å²) in [6.07, 6.45) is 1.34. The van der Waals surface area contributed by atoms with Crippen LogP contribution in [-0.2, 0) is 11.2 Å². The average molecular weight is 303 g/mol. The van der Waals surface area contributed by atoms with Crippen molar-refractivity contribution in [2.45, 2.75) is 26.7 Å². The highest BCUT2D eigenvalue weighted by atomic mass is 32.1. The van der Waals surface area contributed by atoms with Gasteiger partial charge in [0.25, 0.3) is 0 Å². The minimum atomic E-state index is 0.0345. The topological polar surface area (TPSA) is 54.0 Å². The van der Waals surface area contributed by atoms with Gasteiger partial charge in [0.2, 0.25) is 5.91 Å². The summed E-state index contributed by atoms with van der Waals surface area (Å²) < 4.78 is 0. The van der Waals surface area contributed by atoms with E-state index in [0.717, 1.165) is 29.5 Å². The van der Waals surface area contributed by atoms with Crippen LogP contribution in [0.2, 0.25) is 0 Å². The molecule has 1 aromatic heterocycles. The molecule has 0 radical (unpaired) electrons. The quantitative estimate of drug-likeness (QED) is 0.822. The number of hydrogen-bond donors (Lipinski definition) is 2. The third-order valence-electron chi connectivity index (χ3n) is 2.96. The van der Waals surface area contributed by atoms with Gasteiger partial charge in [-0.05, 0) is 24.5 Å². The third kappa shape index (κ3) is 5.55. The lowest BCUT2D eigenvalue weighted by Gasteiger charge is -2.06. The van der Waals surface area contributed by atoms with Crippen molar-refractivity contribution in [2.75, 3.05) is 11.9 Å². The molecule has 2 N–H and O–H groups in total. The first kappa shape index (κ1) is 15.5. The largest absolute Gasteiger partial charge is 0.356 e. The van der Waals surface area contributed by atoms with Crippen LogP contribution in [0.4, 0.5) is 10.8 Å². The summed E-state index contributed by atoms with van der Waals surface area (Å²) in [7, 11) is 0. The maximum atomic E-state index is 11.8. The Labute approximate surface area is 129 Å². The van der Waals surface area contributed by atoms with Gasteiger partial charge < -0.3 is 10.6 Å². The van der Waals surface area contributed by atoms with E-state index in [-0.39, 0.29) is 5.91 Å². The maximum Gasteiger partial charge on any atom is 0.226 e. The van der Waals surface area contributed by atoms with Gasteiger partial charge in [-0.25, -0.2) is 4.98 Å². The second-order valence-electron chi connectivity index (χ2n) is 5.34. The summed E-state index contributed by atoms with van der Waals surface area (Å²) in [5, 5.41) is 8.89. The molecule has 0 spiro atoms. The Balaban J connectivity index is 1.81. The summed E-state index contributed by atoms with van der Waals surface area (Å²) in [5.41, 5.74) is 1.81. The first-order chi connectivity index (χ1) is 10.1. The van der Waals surface area contributed by atoms with E-state index in [0.29, 0.717) is 12.3 Å². The van der Waals surface area contributed by atoms with Gasteiger partial charge in [-0.1, -0.05) is 32.0 Å². The molecule has 1 amide bonds. The summed E-state index contributed by atoms with van der Waals surface area (Å²) in [6.45, 7) is 5.03. The van der Waals surface area contributed by atoms with Crippen LogP contribution in [0.3, 0.4) is 0 Å². The molecule has 1 heterocycles. The van der Waals surface area contributed by atoms with Gasteiger partial charge in [0, 0.05) is 17.6 Å². The Bertz CT molecular complexity index is 566. The van der Waals surface area contributed by atoms with Crippen molar-refractivity contribution in [1.82, 2.24) is 10.3 Å². The molecule has 0 atom stereocenters. The summed E-state index contributed by atoms with van der Waals surface area (Å²) >= 11 is 1.51. The predicted octanol–water partition coefficient (Wildman–Crippen LogP) is 3.59. The number of amides is 1. The van der Waals surface area contributed by atoms with Crippen LogP contribution < -0.4 is 10.6 Å². The number of anilines is 2. The number of nitrogens with zero attached hydrogens (tertiary/aromatic N) is 1. The standard InChI is InChI=1S/C16H21N3OS/c1-12(2)8-9-17-15(20)10-14-11-21-16(19-14)18-13-6-4-3-5-7-13/h3-7,11-12H,8-10H2,1-2H3,(H,17,20)(H,18,19). The number of para-hydroxylation sites is 1. The summed E-state index contributed by atoms with van der Waals surface area (Å²) in [6, 6.07) is 9.89. The Morgan fingerprint density at radius 2 is 2.05 bits per heavy atom. The number of hydrogen-bond acceptors (Lipinski definition) is 4. The number of nitrogens with one attached hydrogen (secondary N) is 2. The fourth-order valence-corrected chi connectivity index (χ4v) is 2.55. The van der Waals surface area contributed by atoms with Gasteiger partial charge in [-0.3, -0.25) is 4.79 Å². The smallest absolute Gasteiger partial charge is 0.226 e. The first-order valence-electron chi connectivity index (χ1n) is 7.16. The van der Waals surface area contributed by atoms with Gasteiger partial charge in [0.05, 0.1) is 12.1 Å². The van der Waals surface area contributed by atoms with Crippen LogP contribution in [0.5, 0.6) is 0 Å². The fourth-order valence-electron chi connectivity index (χ4n) is 1.82. The number of rotatable bonds is 7. The molecule has 0 fully saturated rings. The maximum absolute atomic E-state index is 11.8. The van der Waals surface area contributed by atoms with E-state index in [2.05, 4.69) is 29.5 Å². The van der Waals surface area contributed by atoms with Crippen molar-refractivity contribution in [3.63, 3.8) is 0 Å². The molecule has 1 aromatic carbocycles. The Morgan fingerprint density at radius 1 is 1.29 bits per heavy atom. The lowest BCUT2D eigenvalue weighted by molar-refractivity contribution is -0.120. The minimum absolute atomic E-state index is 0.0345. The number of carbonyl (C=O) groups excluding carboxylic acids is 1. The van der Waals surface area contributed by atoms with E-state index >= 15 is 0 Å². The van der Waals surface area contributed by atoms with Crippen LogP contribution in [0, 0.1) is 5.92 Å². The molecule has 0 aliphatic carbocycles. The van der Waals surface area contributed by atoms with Crippen molar-refractivity contribution in [3.8, 4) is 0 Å². The Hall–Kier alpha value is -1.88. The van der Waals surface area contributed by atoms with Crippen LogP contribution in [0.1, 0.15) is 26.0 Å². The number of thiazole rings is 1. The molecule has 2 rings (SSSR count). The molecular formula is C16H21N3OS. The van der Waals surface area contributed by atoms with E-state index < -0.39 is 0 Å². The summed E-state index contributed by atoms with van der Waals surface area (Å²) in [4.78, 5) is 16.2. The molecule has 0 aliphatic heterocycles. The van der Waals surface area contributed by atoms with Gasteiger partial charge in [0.1, 0.15) is 0 Å². The van der Waals surface area contributed by atoms with E-state index in [1.165, 1.54) is 11.3 Å². The predicted molar refractivity (Wildman–Crippen MR) is 88.0 cm³/mol. The van der Waals surface area contributed by atoms with Crippen LogP contribution in [0.15, 0.2) is 35.7 Å². The molecule has 4 nitrogen and oxygen atoms in total. The molecule has 0 unspecified atom stereocenters. The van der Waals surface area contributed by atoms with Gasteiger partial charge in [0.15, 0.2) is 5.13 Å². The molecule has 0 aliphatic rings. The second kappa shape index (κ2) is 7.78. The van der Waals surface area contributed by atoms with Crippen LogP contribution in [-0.4, -0.2) is 17.4 Å². The Kier molecular flexibility index (Phi) is 5.75. The number of aromatic nitrogens is 1. The van der Waals surface area contributed by atoms with E-state index in [4.69, 9.17) is 0 Å². The molecule has 5 heteroatoms. The first-order valence-corrected chi connectivity index (χ1v) is 8.04. The number of carbonyl (C=O) groups is 1. The van der Waals surface area contributed by atoms with Gasteiger partial charge in [-0.2, -0.15) is 0 Å². The molecule has 2 aromatic rings. The minimum Gasteiger partial charge on any atom is -0.356 e. The second-order valence-corrected chi connectivity index (χ2v) is 6.20. The van der Waals surface area contributed by atoms with Crippen LogP contribution in [0.25, 0.3) is 0 Å². The highest BCUT2D eigenvalue weighted by Gasteiger charge is 2.08. The monoisotopic (exact) mass is 303 g/mol. The fraction of sp³-hybridized carbons (Fsp3) is 0.375. The van der Waals surface area contributed by atoms with Crippen molar-refractivity contribution >= 4 is 28.1 Å². The lowest BCUT2D eigenvalue weighted by Crippen LogP contribution is -2.26. The molecule has 0 saturated heterocycles. The van der Waals surface area contributed by atoms with Crippen molar-refractivity contribution in [1.29, 1.82) is 0 Å². The zero-order valence-corrected chi connectivity index (χ0v) is 13.2. The zero-order valence-electron chi connectivity index (χ0n) is 12.4. The molecule has 0 bridgehead atoms. The lowest BCUT2D eigenvalue weighted by atomic mass is 10.1. The molecule has 0 saturated carbocycles. The molecular weight excluding hydrogens is 282 g/mol. The third-order valence-corrected chi connectivity index (χ3v) is 3.77. The van der Waals surface area contributed by atoms with E-state index in [9.17, 15) is 4.79 Å². The normalized spacial score (nSPS) is 10.6. The van der Waals surface area contributed by atoms with Crippen molar-refractivity contribution < 1.29 is 4.79 Å². The highest BCUT2D eigenvalue weighted by molar-refractivity contribution is 7.13. The zero-order chi connectivity index (χ0) is 15.1. The van der Waals surface area contributed by atoms with Gasteiger partial charge >= 0.3 is 0 Å². The molecule has 112 valence electrons. The summed E-state index contributed by atoms with van der Waals surface area (Å²) in [5.74, 6) is 0.637. The SMILES string of the molecule is CC(C)CCNC(=O)Cc1csc(Nc2ccccc2)n1. The number of benzene rings is 1. The highest BCUT2D eigenvalue weighted by Crippen LogP contribution is 2.20. The Morgan fingerprint density at radius 3 is 2.76 bits per heavy atom. The molecule has 21 heavy (non-hydrogen) atoms.